The van der Waals surface area contributed by atoms with Crippen LogP contribution in [-0.4, -0.2) is 74.9 Å². The van der Waals surface area contributed by atoms with Crippen molar-refractivity contribution in [2.24, 2.45) is 0 Å². The van der Waals surface area contributed by atoms with E-state index < -0.39 is 26.5 Å². The average Bonchev–Trinajstić information content (AvgIpc) is 1.57. The fourth-order valence-electron chi connectivity index (χ4n) is 11.3. The van der Waals surface area contributed by atoms with Gasteiger partial charge in [-0.2, -0.15) is 0 Å². The van der Waals surface area contributed by atoms with Gasteiger partial charge in [-0.1, -0.05) is 354 Å². The lowest BCUT2D eigenvalue weighted by molar-refractivity contribution is -0.870. The van der Waals surface area contributed by atoms with Crippen LogP contribution >= 0.6 is 7.82 Å². The number of phosphoric ester groups is 1. The summed E-state index contributed by atoms with van der Waals surface area (Å²) in [4.78, 5) is 36.0. The maximum absolute atomic E-state index is 12.9. The number of allylic oxidation sites excluding steroid dienone is 18. The molecule has 0 rings (SSSR count). The summed E-state index contributed by atoms with van der Waals surface area (Å²) < 4.78 is 34.8. The first-order valence-corrected chi connectivity index (χ1v) is 41.1. The second-order valence-corrected chi connectivity index (χ2v) is 29.2. The van der Waals surface area contributed by atoms with E-state index in [4.69, 9.17) is 18.5 Å². The summed E-state index contributed by atoms with van der Waals surface area (Å²) in [6.45, 7) is 4.35. The quantitative estimate of drug-likeness (QED) is 0.0211. The highest BCUT2D eigenvalue weighted by molar-refractivity contribution is 7.47. The van der Waals surface area contributed by atoms with E-state index in [1.165, 1.54) is 244 Å². The fraction of sp³-hybridized carbons (Fsp3) is 0.762. The standard InChI is InChI=1S/C84H150NO8P/c1-6-8-10-12-14-16-18-20-22-24-26-28-30-32-34-36-37-38-39-40-41-42-43-44-45-46-47-49-51-53-55-57-59-61-63-65-67-69-71-73-75-77-84(87)93-82(81-92-94(88,89)91-79-78-85(3,4)5)80-90-83(86)76-74-72-70-68-66-64-62-60-58-56-54-52-50-48-35-33-31-29-27-25-23-21-19-17-15-13-11-9-7-2/h8,10,14,16,19-22,25-28,31-34,37-38,82H,6-7,9,11-13,15,17-18,23-24,29-30,35-36,39-81H2,1-5H3/p+1/b10-8-,16-14-,21-19-,22-20-,27-25-,28-26-,33-31-,34-32-,38-37-. The Kier molecular flexibility index (Phi) is 71.3. The summed E-state index contributed by atoms with van der Waals surface area (Å²) >= 11 is 0. The lowest BCUT2D eigenvalue weighted by atomic mass is 10.0. The smallest absolute Gasteiger partial charge is 0.462 e. The summed E-state index contributed by atoms with van der Waals surface area (Å²) in [6, 6.07) is 0. The number of carbonyl (C=O) groups excluding carboxylic acids is 2. The van der Waals surface area contributed by atoms with E-state index >= 15 is 0 Å². The zero-order chi connectivity index (χ0) is 68.3. The van der Waals surface area contributed by atoms with Crippen LogP contribution in [0.4, 0.5) is 0 Å². The number of phosphoric acid groups is 1. The SMILES string of the molecule is CC/C=C\C/C=C\C/C=C\C/C=C\C/C=C\C/C=C\CCCCCCCCCCCCCCCCCCCCCCCCC(=O)OC(COC(=O)CCCCCCCCCCCCCCCC/C=C\C/C=C\C/C=C\CCCCCCC)COP(=O)(O)OCC[N+](C)(C)C. The van der Waals surface area contributed by atoms with Gasteiger partial charge in [0, 0.05) is 12.8 Å². The predicted molar refractivity (Wildman–Crippen MR) is 408 cm³/mol. The fourth-order valence-corrected chi connectivity index (χ4v) is 12.0. The van der Waals surface area contributed by atoms with E-state index in [0.29, 0.717) is 17.4 Å². The van der Waals surface area contributed by atoms with Crippen molar-refractivity contribution in [1.82, 2.24) is 0 Å². The lowest BCUT2D eigenvalue weighted by Crippen LogP contribution is -2.37. The van der Waals surface area contributed by atoms with Gasteiger partial charge >= 0.3 is 19.8 Å². The van der Waals surface area contributed by atoms with Crippen LogP contribution in [-0.2, 0) is 32.7 Å². The maximum atomic E-state index is 12.9. The van der Waals surface area contributed by atoms with Gasteiger partial charge in [0.1, 0.15) is 19.8 Å². The average molecular weight is 1330 g/mol. The summed E-state index contributed by atoms with van der Waals surface area (Å²) in [6.07, 6.45) is 105. The van der Waals surface area contributed by atoms with Crippen molar-refractivity contribution in [3.8, 4) is 0 Å². The number of hydrogen-bond donors (Lipinski definition) is 1. The normalized spacial score (nSPS) is 13.6. The minimum absolute atomic E-state index is 0.0306. The first-order chi connectivity index (χ1) is 46.0. The van der Waals surface area contributed by atoms with E-state index in [2.05, 4.69) is 123 Å². The molecule has 544 valence electrons. The second-order valence-electron chi connectivity index (χ2n) is 27.7. The highest BCUT2D eigenvalue weighted by atomic mass is 31.2. The van der Waals surface area contributed by atoms with E-state index in [0.717, 1.165) is 83.5 Å². The molecule has 0 amide bonds. The second kappa shape index (κ2) is 73.9. The van der Waals surface area contributed by atoms with Gasteiger partial charge in [0.15, 0.2) is 6.10 Å². The molecule has 94 heavy (non-hydrogen) atoms. The van der Waals surface area contributed by atoms with Crippen LogP contribution in [0.1, 0.15) is 361 Å². The molecule has 9 nitrogen and oxygen atoms in total. The molecule has 0 bridgehead atoms. The largest absolute Gasteiger partial charge is 0.472 e. The van der Waals surface area contributed by atoms with E-state index in [1.807, 2.05) is 21.1 Å². The van der Waals surface area contributed by atoms with E-state index in [-0.39, 0.29) is 32.0 Å². The van der Waals surface area contributed by atoms with Crippen LogP contribution in [0.3, 0.4) is 0 Å². The number of likely N-dealkylation sites (N-methyl/N-ethyl adjacent to an activating group) is 1. The zero-order valence-corrected chi connectivity index (χ0v) is 63.1. The Bertz CT molecular complexity index is 1960. The predicted octanol–water partition coefficient (Wildman–Crippen LogP) is 26.4. The number of rotatable bonds is 73. The summed E-state index contributed by atoms with van der Waals surface area (Å²) in [7, 11) is 1.49. The molecule has 0 heterocycles. The van der Waals surface area contributed by atoms with E-state index in [9.17, 15) is 19.0 Å². The molecular formula is C84H151NO8P+. The molecule has 0 aromatic carbocycles. The van der Waals surface area contributed by atoms with Gasteiger partial charge in [0.25, 0.3) is 0 Å². The summed E-state index contributed by atoms with van der Waals surface area (Å²) in [5.41, 5.74) is 0. The van der Waals surface area contributed by atoms with Gasteiger partial charge in [0.2, 0.25) is 0 Å². The highest BCUT2D eigenvalue weighted by Crippen LogP contribution is 2.43. The Labute approximate surface area is 582 Å². The van der Waals surface area contributed by atoms with Crippen molar-refractivity contribution in [2.45, 2.75) is 367 Å². The van der Waals surface area contributed by atoms with Crippen molar-refractivity contribution < 1.29 is 42.1 Å². The molecule has 0 radical (unpaired) electrons. The number of esters is 2. The molecule has 10 heteroatoms. The number of quaternary nitrogens is 1. The molecule has 0 aromatic rings. The number of carbonyl (C=O) groups is 2. The molecule has 0 aliphatic rings. The van der Waals surface area contributed by atoms with Gasteiger partial charge in [-0.25, -0.2) is 4.57 Å². The van der Waals surface area contributed by atoms with Gasteiger partial charge in [-0.3, -0.25) is 18.6 Å². The minimum Gasteiger partial charge on any atom is -0.462 e. The van der Waals surface area contributed by atoms with Crippen LogP contribution in [0.25, 0.3) is 0 Å². The first-order valence-electron chi connectivity index (χ1n) is 39.6. The number of nitrogens with zero attached hydrogens (tertiary/aromatic N) is 1. The monoisotopic (exact) mass is 1330 g/mol. The van der Waals surface area contributed by atoms with Crippen molar-refractivity contribution in [2.75, 3.05) is 47.5 Å². The van der Waals surface area contributed by atoms with Gasteiger partial charge in [-0.15, -0.1) is 0 Å². The maximum Gasteiger partial charge on any atom is 0.472 e. The Morgan fingerprint density at radius 3 is 0.904 bits per heavy atom. The molecule has 0 saturated carbocycles. The van der Waals surface area contributed by atoms with Crippen molar-refractivity contribution in [1.29, 1.82) is 0 Å². The molecule has 0 fully saturated rings. The zero-order valence-electron chi connectivity index (χ0n) is 62.2. The molecule has 0 aliphatic carbocycles. The van der Waals surface area contributed by atoms with Crippen molar-refractivity contribution >= 4 is 19.8 Å². The van der Waals surface area contributed by atoms with Crippen LogP contribution < -0.4 is 0 Å². The molecule has 2 unspecified atom stereocenters. The molecular weight excluding hydrogens is 1180 g/mol. The number of ether oxygens (including phenoxy) is 2. The Hall–Kier alpha value is -3.33. The van der Waals surface area contributed by atoms with Gasteiger partial charge in [-0.05, 0) is 103 Å². The molecule has 0 spiro atoms. The molecule has 2 atom stereocenters. The third-order valence-corrected chi connectivity index (χ3v) is 18.3. The minimum atomic E-state index is -4.40. The van der Waals surface area contributed by atoms with E-state index in [1.54, 1.807) is 0 Å². The molecule has 1 N–H and O–H groups in total. The van der Waals surface area contributed by atoms with Crippen LogP contribution in [0.15, 0.2) is 109 Å². The summed E-state index contributed by atoms with van der Waals surface area (Å²) in [5, 5.41) is 0. The summed E-state index contributed by atoms with van der Waals surface area (Å²) in [5.74, 6) is -0.784. The van der Waals surface area contributed by atoms with Crippen LogP contribution in [0, 0.1) is 0 Å². The van der Waals surface area contributed by atoms with Crippen LogP contribution in [0.2, 0.25) is 0 Å². The van der Waals surface area contributed by atoms with Gasteiger partial charge in [0.05, 0.1) is 27.7 Å². The Morgan fingerprint density at radius 2 is 0.606 bits per heavy atom. The number of unbranched alkanes of at least 4 members (excludes halogenated alkanes) is 41. The molecule has 0 saturated heterocycles. The van der Waals surface area contributed by atoms with Crippen molar-refractivity contribution in [3.05, 3.63) is 109 Å². The number of hydrogen-bond acceptors (Lipinski definition) is 7. The Morgan fingerprint density at radius 1 is 0.340 bits per heavy atom. The lowest BCUT2D eigenvalue weighted by Gasteiger charge is -2.24. The highest BCUT2D eigenvalue weighted by Gasteiger charge is 2.27. The van der Waals surface area contributed by atoms with Crippen molar-refractivity contribution in [3.63, 3.8) is 0 Å². The molecule has 0 aromatic heterocycles. The third kappa shape index (κ3) is 77.7. The Balaban J connectivity index is 3.94. The topological polar surface area (TPSA) is 108 Å². The van der Waals surface area contributed by atoms with Gasteiger partial charge < -0.3 is 18.9 Å². The third-order valence-electron chi connectivity index (χ3n) is 17.3. The molecule has 0 aliphatic heterocycles. The van der Waals surface area contributed by atoms with Crippen LogP contribution in [0.5, 0.6) is 0 Å². The first kappa shape index (κ1) is 90.7.